The Morgan fingerprint density at radius 1 is 1.04 bits per heavy atom. The molecule has 7 heteroatoms. The molecule has 28 heavy (non-hydrogen) atoms. The van der Waals surface area contributed by atoms with Gasteiger partial charge in [-0.05, 0) is 43.3 Å². The van der Waals surface area contributed by atoms with E-state index in [0.29, 0.717) is 47.6 Å². The quantitative estimate of drug-likeness (QED) is 0.741. The first-order chi connectivity index (χ1) is 13.6. The Morgan fingerprint density at radius 3 is 2.54 bits per heavy atom. The third kappa shape index (κ3) is 3.80. The van der Waals surface area contributed by atoms with Crippen LogP contribution in [-0.4, -0.2) is 38.1 Å². The number of carbonyl (C=O) groups excluding carboxylic acids is 2. The molecule has 2 heterocycles. The number of rotatable bonds is 5. The highest BCUT2D eigenvalue weighted by Gasteiger charge is 2.29. The SMILES string of the molecule is CC(C(=O)Nc1ccccc1C(=O)Nc1ccc2c(c1)OCCO2)C1CNC1. The van der Waals surface area contributed by atoms with Crippen molar-refractivity contribution >= 4 is 23.2 Å². The van der Waals surface area contributed by atoms with E-state index in [0.717, 1.165) is 13.1 Å². The summed E-state index contributed by atoms with van der Waals surface area (Å²) in [6.45, 7) is 4.61. The van der Waals surface area contributed by atoms with E-state index >= 15 is 0 Å². The smallest absolute Gasteiger partial charge is 0.257 e. The highest BCUT2D eigenvalue weighted by atomic mass is 16.6. The van der Waals surface area contributed by atoms with Crippen LogP contribution in [0.25, 0.3) is 0 Å². The fourth-order valence-corrected chi connectivity index (χ4v) is 3.23. The van der Waals surface area contributed by atoms with Crippen LogP contribution < -0.4 is 25.4 Å². The summed E-state index contributed by atoms with van der Waals surface area (Å²) in [5, 5.41) is 8.94. The van der Waals surface area contributed by atoms with E-state index in [2.05, 4.69) is 16.0 Å². The molecule has 2 aromatic carbocycles. The maximum Gasteiger partial charge on any atom is 0.257 e. The number of hydrogen-bond acceptors (Lipinski definition) is 5. The molecule has 2 amide bonds. The molecule has 1 fully saturated rings. The summed E-state index contributed by atoms with van der Waals surface area (Å²) in [6.07, 6.45) is 0. The third-order valence-corrected chi connectivity index (χ3v) is 5.16. The van der Waals surface area contributed by atoms with Crippen molar-refractivity contribution in [1.82, 2.24) is 5.32 Å². The topological polar surface area (TPSA) is 88.7 Å². The van der Waals surface area contributed by atoms with Crippen LogP contribution in [0, 0.1) is 11.8 Å². The number of benzene rings is 2. The van der Waals surface area contributed by atoms with Crippen LogP contribution in [0.2, 0.25) is 0 Å². The minimum atomic E-state index is -0.300. The Labute approximate surface area is 163 Å². The number of anilines is 2. The number of hydrogen-bond donors (Lipinski definition) is 3. The van der Waals surface area contributed by atoms with Crippen molar-refractivity contribution in [2.24, 2.45) is 11.8 Å². The third-order valence-electron chi connectivity index (χ3n) is 5.16. The van der Waals surface area contributed by atoms with Gasteiger partial charge < -0.3 is 25.4 Å². The van der Waals surface area contributed by atoms with Gasteiger partial charge in [-0.25, -0.2) is 0 Å². The number of amides is 2. The Kier molecular flexibility index (Phi) is 5.16. The summed E-state index contributed by atoms with van der Waals surface area (Å²) < 4.78 is 11.1. The van der Waals surface area contributed by atoms with Crippen molar-refractivity contribution in [2.45, 2.75) is 6.92 Å². The first kappa shape index (κ1) is 18.3. The molecule has 1 unspecified atom stereocenters. The van der Waals surface area contributed by atoms with Gasteiger partial charge in [0.1, 0.15) is 13.2 Å². The number of carbonyl (C=O) groups is 2. The number of ether oxygens (including phenoxy) is 2. The van der Waals surface area contributed by atoms with Crippen molar-refractivity contribution in [3.8, 4) is 11.5 Å². The minimum Gasteiger partial charge on any atom is -0.486 e. The lowest BCUT2D eigenvalue weighted by atomic mass is 9.88. The van der Waals surface area contributed by atoms with Crippen molar-refractivity contribution in [2.75, 3.05) is 36.9 Å². The molecule has 2 aromatic rings. The molecule has 1 saturated heterocycles. The molecule has 4 rings (SSSR count). The van der Waals surface area contributed by atoms with Crippen LogP contribution in [0.4, 0.5) is 11.4 Å². The largest absolute Gasteiger partial charge is 0.486 e. The second-order valence-electron chi connectivity index (χ2n) is 7.05. The fraction of sp³-hybridized carbons (Fsp3) is 0.333. The molecule has 146 valence electrons. The molecular weight excluding hydrogens is 358 g/mol. The van der Waals surface area contributed by atoms with Crippen LogP contribution in [0.5, 0.6) is 11.5 Å². The molecule has 0 spiro atoms. The Hall–Kier alpha value is -3.06. The van der Waals surface area contributed by atoms with E-state index in [1.807, 2.05) is 6.92 Å². The molecule has 0 bridgehead atoms. The molecule has 3 N–H and O–H groups in total. The monoisotopic (exact) mass is 381 g/mol. The van der Waals surface area contributed by atoms with E-state index in [1.54, 1.807) is 42.5 Å². The minimum absolute atomic E-state index is 0.0777. The molecule has 0 radical (unpaired) electrons. The zero-order valence-corrected chi connectivity index (χ0v) is 15.7. The van der Waals surface area contributed by atoms with Gasteiger partial charge in [0.15, 0.2) is 11.5 Å². The molecule has 7 nitrogen and oxygen atoms in total. The van der Waals surface area contributed by atoms with Gasteiger partial charge in [0.05, 0.1) is 11.3 Å². The normalized spacial score (nSPS) is 16.6. The first-order valence-electron chi connectivity index (χ1n) is 9.43. The first-order valence-corrected chi connectivity index (χ1v) is 9.43. The summed E-state index contributed by atoms with van der Waals surface area (Å²) in [5.74, 6) is 1.11. The summed E-state index contributed by atoms with van der Waals surface area (Å²) in [6, 6.07) is 12.3. The van der Waals surface area contributed by atoms with Gasteiger partial charge in [-0.3, -0.25) is 9.59 Å². The summed E-state index contributed by atoms with van der Waals surface area (Å²) in [5.41, 5.74) is 1.51. The number of fused-ring (bicyclic) bond motifs is 1. The lowest BCUT2D eigenvalue weighted by Crippen LogP contribution is -2.48. The lowest BCUT2D eigenvalue weighted by Gasteiger charge is -2.31. The molecule has 2 aliphatic rings. The Morgan fingerprint density at radius 2 is 1.79 bits per heavy atom. The molecule has 0 aliphatic carbocycles. The van der Waals surface area contributed by atoms with Crippen molar-refractivity contribution in [3.05, 3.63) is 48.0 Å². The molecule has 2 aliphatic heterocycles. The number of nitrogens with one attached hydrogen (secondary N) is 3. The van der Waals surface area contributed by atoms with Crippen molar-refractivity contribution in [3.63, 3.8) is 0 Å². The predicted octanol–water partition coefficient (Wildman–Crippen LogP) is 2.50. The molecule has 1 atom stereocenters. The standard InChI is InChI=1S/C21H23N3O4/c1-13(14-11-22-12-14)20(25)24-17-5-3-2-4-16(17)21(26)23-15-6-7-18-19(10-15)28-9-8-27-18/h2-7,10,13-14,22H,8-9,11-12H2,1H3,(H,23,26)(H,24,25). The van der Waals surface area contributed by atoms with Gasteiger partial charge in [0.2, 0.25) is 5.91 Å². The van der Waals surface area contributed by atoms with E-state index in [9.17, 15) is 9.59 Å². The Bertz CT molecular complexity index is 895. The maximum atomic E-state index is 12.8. The van der Waals surface area contributed by atoms with Crippen molar-refractivity contribution < 1.29 is 19.1 Å². The molecule has 0 saturated carbocycles. The predicted molar refractivity (Wildman–Crippen MR) is 106 cm³/mol. The van der Waals surface area contributed by atoms with E-state index in [4.69, 9.17) is 9.47 Å². The van der Waals surface area contributed by atoms with Crippen LogP contribution in [0.3, 0.4) is 0 Å². The average molecular weight is 381 g/mol. The second kappa shape index (κ2) is 7.90. The highest BCUT2D eigenvalue weighted by Crippen LogP contribution is 2.33. The van der Waals surface area contributed by atoms with Gasteiger partial charge in [-0.2, -0.15) is 0 Å². The number of para-hydroxylation sites is 1. The van der Waals surface area contributed by atoms with E-state index in [-0.39, 0.29) is 17.7 Å². The van der Waals surface area contributed by atoms with Gasteiger partial charge in [-0.1, -0.05) is 19.1 Å². The molecule has 0 aromatic heterocycles. The zero-order chi connectivity index (χ0) is 19.5. The Balaban J connectivity index is 1.48. The zero-order valence-electron chi connectivity index (χ0n) is 15.7. The fourth-order valence-electron chi connectivity index (χ4n) is 3.23. The van der Waals surface area contributed by atoms with Gasteiger partial charge in [0, 0.05) is 17.7 Å². The van der Waals surface area contributed by atoms with Gasteiger partial charge in [0.25, 0.3) is 5.91 Å². The second-order valence-corrected chi connectivity index (χ2v) is 7.05. The van der Waals surface area contributed by atoms with Crippen LogP contribution in [0.15, 0.2) is 42.5 Å². The van der Waals surface area contributed by atoms with Crippen LogP contribution in [-0.2, 0) is 4.79 Å². The highest BCUT2D eigenvalue weighted by molar-refractivity contribution is 6.10. The molecular formula is C21H23N3O4. The van der Waals surface area contributed by atoms with Crippen molar-refractivity contribution in [1.29, 1.82) is 0 Å². The van der Waals surface area contributed by atoms with E-state index in [1.165, 1.54) is 0 Å². The lowest BCUT2D eigenvalue weighted by molar-refractivity contribution is -0.121. The summed E-state index contributed by atoms with van der Waals surface area (Å²) in [4.78, 5) is 25.4. The van der Waals surface area contributed by atoms with Gasteiger partial charge >= 0.3 is 0 Å². The van der Waals surface area contributed by atoms with E-state index < -0.39 is 0 Å². The van der Waals surface area contributed by atoms with Crippen LogP contribution >= 0.6 is 0 Å². The average Bonchev–Trinajstić information content (AvgIpc) is 2.67. The van der Waals surface area contributed by atoms with Crippen LogP contribution in [0.1, 0.15) is 17.3 Å². The summed E-state index contributed by atoms with van der Waals surface area (Å²) >= 11 is 0. The maximum absolute atomic E-state index is 12.8. The van der Waals surface area contributed by atoms with Gasteiger partial charge in [-0.15, -0.1) is 0 Å². The summed E-state index contributed by atoms with van der Waals surface area (Å²) in [7, 11) is 0.